The number of hydrogen-bond donors (Lipinski definition) is 1. The van der Waals surface area contributed by atoms with E-state index < -0.39 is 10.8 Å². The third-order valence-corrected chi connectivity index (χ3v) is 4.69. The van der Waals surface area contributed by atoms with Crippen LogP contribution in [0.25, 0.3) is 0 Å². The van der Waals surface area contributed by atoms with E-state index in [9.17, 15) is 14.9 Å². The van der Waals surface area contributed by atoms with E-state index in [4.69, 9.17) is 11.6 Å². The number of aryl methyl sites for hydroxylation is 1. The molecule has 27 heavy (non-hydrogen) atoms. The van der Waals surface area contributed by atoms with Crippen LogP contribution in [0.1, 0.15) is 41.0 Å². The lowest BCUT2D eigenvalue weighted by Gasteiger charge is -2.27. The van der Waals surface area contributed by atoms with Crippen LogP contribution < -0.4 is 10.2 Å². The molecule has 0 bridgehead atoms. The molecule has 2 aromatic rings. The maximum atomic E-state index is 12.4. The minimum Gasteiger partial charge on any atom is -0.346 e. The molecule has 1 N–H and O–H groups in total. The second kappa shape index (κ2) is 8.30. The van der Waals surface area contributed by atoms with Crippen molar-refractivity contribution in [3.05, 3.63) is 56.4 Å². The van der Waals surface area contributed by atoms with Crippen molar-refractivity contribution in [1.82, 2.24) is 15.3 Å². The van der Waals surface area contributed by atoms with Gasteiger partial charge in [0.15, 0.2) is 0 Å². The predicted molar refractivity (Wildman–Crippen MR) is 102 cm³/mol. The molecule has 9 heteroatoms. The summed E-state index contributed by atoms with van der Waals surface area (Å²) in [5.74, 6) is 0.276. The molecule has 1 aromatic heterocycles. The summed E-state index contributed by atoms with van der Waals surface area (Å²) in [6, 6.07) is 5.59. The fourth-order valence-corrected chi connectivity index (χ4v) is 3.27. The first-order valence-corrected chi connectivity index (χ1v) is 9.13. The first-order chi connectivity index (χ1) is 12.9. The number of non-ortho nitro benzene ring substituents is 1. The zero-order chi connectivity index (χ0) is 19.4. The summed E-state index contributed by atoms with van der Waals surface area (Å²) in [7, 11) is 0. The van der Waals surface area contributed by atoms with Crippen LogP contribution in [0.3, 0.4) is 0 Å². The standard InChI is InChI=1S/C18H20ClN5O3/c1-12-9-13(22-18(21-12)23-7-3-2-4-8-23)11-20-17(25)15-6-5-14(24(26)27)10-16(15)19/h5-6,9-10H,2-4,7-8,11H2,1H3,(H,20,25). The van der Waals surface area contributed by atoms with Crippen molar-refractivity contribution in [3.8, 4) is 0 Å². The molecule has 1 aliphatic rings. The van der Waals surface area contributed by atoms with Gasteiger partial charge in [-0.2, -0.15) is 0 Å². The Bertz CT molecular complexity index is 868. The fourth-order valence-electron chi connectivity index (χ4n) is 3.01. The molecule has 8 nitrogen and oxygen atoms in total. The predicted octanol–water partition coefficient (Wildman–Crippen LogP) is 3.27. The molecule has 0 atom stereocenters. The van der Waals surface area contributed by atoms with Crippen molar-refractivity contribution in [2.45, 2.75) is 32.7 Å². The molecule has 1 aromatic carbocycles. The average Bonchev–Trinajstić information content (AvgIpc) is 2.66. The highest BCUT2D eigenvalue weighted by Gasteiger charge is 2.17. The number of halogens is 1. The first-order valence-electron chi connectivity index (χ1n) is 8.75. The lowest BCUT2D eigenvalue weighted by Crippen LogP contribution is -2.32. The number of amides is 1. The molecule has 0 aliphatic carbocycles. The van der Waals surface area contributed by atoms with Crippen LogP contribution >= 0.6 is 11.6 Å². The number of nitrogens with one attached hydrogen (secondary N) is 1. The molecule has 0 spiro atoms. The zero-order valence-corrected chi connectivity index (χ0v) is 15.7. The smallest absolute Gasteiger partial charge is 0.270 e. The summed E-state index contributed by atoms with van der Waals surface area (Å²) in [6.45, 7) is 3.99. The highest BCUT2D eigenvalue weighted by Crippen LogP contribution is 2.22. The van der Waals surface area contributed by atoms with Crippen molar-refractivity contribution < 1.29 is 9.72 Å². The Labute approximate surface area is 161 Å². The summed E-state index contributed by atoms with van der Waals surface area (Å²) in [4.78, 5) is 33.8. The van der Waals surface area contributed by atoms with Gasteiger partial charge in [0.2, 0.25) is 5.95 Å². The van der Waals surface area contributed by atoms with Gasteiger partial charge in [0.05, 0.1) is 27.7 Å². The van der Waals surface area contributed by atoms with Crippen LogP contribution in [0.2, 0.25) is 5.02 Å². The fraction of sp³-hybridized carbons (Fsp3) is 0.389. The Kier molecular flexibility index (Phi) is 5.85. The molecule has 142 valence electrons. The van der Waals surface area contributed by atoms with Crippen molar-refractivity contribution >= 4 is 29.1 Å². The molecule has 1 amide bonds. The maximum absolute atomic E-state index is 12.4. The van der Waals surface area contributed by atoms with Gasteiger partial charge in [-0.25, -0.2) is 9.97 Å². The van der Waals surface area contributed by atoms with Crippen molar-refractivity contribution in [3.63, 3.8) is 0 Å². The second-order valence-corrected chi connectivity index (χ2v) is 6.86. The molecule has 1 aliphatic heterocycles. The topological polar surface area (TPSA) is 101 Å². The Balaban J connectivity index is 1.70. The Morgan fingerprint density at radius 1 is 1.26 bits per heavy atom. The highest BCUT2D eigenvalue weighted by molar-refractivity contribution is 6.34. The lowest BCUT2D eigenvalue weighted by molar-refractivity contribution is -0.384. The van der Waals surface area contributed by atoms with Gasteiger partial charge in [-0.05, 0) is 38.3 Å². The first kappa shape index (κ1) is 19.0. The van der Waals surface area contributed by atoms with Gasteiger partial charge >= 0.3 is 0 Å². The molecular weight excluding hydrogens is 370 g/mol. The van der Waals surface area contributed by atoms with E-state index in [-0.39, 0.29) is 22.8 Å². The van der Waals surface area contributed by atoms with Crippen molar-refractivity contribution in [2.24, 2.45) is 0 Å². The summed E-state index contributed by atoms with van der Waals surface area (Å²) >= 11 is 6.00. The van der Waals surface area contributed by atoms with Gasteiger partial charge in [0.25, 0.3) is 11.6 Å². The van der Waals surface area contributed by atoms with Gasteiger partial charge in [0, 0.05) is 30.9 Å². The Hall–Kier alpha value is -2.74. The number of rotatable bonds is 5. The Morgan fingerprint density at radius 2 is 2.00 bits per heavy atom. The molecule has 1 fully saturated rings. The number of carbonyl (C=O) groups excluding carboxylic acids is 1. The Morgan fingerprint density at radius 3 is 2.67 bits per heavy atom. The molecule has 3 rings (SSSR count). The summed E-state index contributed by atoms with van der Waals surface area (Å²) in [5, 5.41) is 13.6. The van der Waals surface area contributed by atoms with Crippen LogP contribution in [0.4, 0.5) is 11.6 Å². The number of nitro groups is 1. The van der Waals surface area contributed by atoms with Gasteiger partial charge in [-0.15, -0.1) is 0 Å². The minimum absolute atomic E-state index is 0.0366. The van der Waals surface area contributed by atoms with E-state index in [0.29, 0.717) is 11.6 Å². The SMILES string of the molecule is Cc1cc(CNC(=O)c2ccc([N+](=O)[O-])cc2Cl)nc(N2CCCCC2)n1. The van der Waals surface area contributed by atoms with Gasteiger partial charge < -0.3 is 10.2 Å². The molecule has 0 unspecified atom stereocenters. The normalized spacial score (nSPS) is 14.1. The lowest BCUT2D eigenvalue weighted by atomic mass is 10.1. The van der Waals surface area contributed by atoms with Crippen LogP contribution in [0.5, 0.6) is 0 Å². The zero-order valence-electron chi connectivity index (χ0n) is 14.9. The highest BCUT2D eigenvalue weighted by atomic mass is 35.5. The van der Waals surface area contributed by atoms with Crippen LogP contribution in [0, 0.1) is 17.0 Å². The van der Waals surface area contributed by atoms with Crippen molar-refractivity contribution in [2.75, 3.05) is 18.0 Å². The number of benzene rings is 1. The quantitative estimate of drug-likeness (QED) is 0.622. The molecule has 0 radical (unpaired) electrons. The van der Waals surface area contributed by atoms with E-state index in [1.807, 2.05) is 13.0 Å². The van der Waals surface area contributed by atoms with E-state index in [1.165, 1.54) is 24.6 Å². The average molecular weight is 390 g/mol. The molecular formula is C18H20ClN5O3. The number of aromatic nitrogens is 2. The van der Waals surface area contributed by atoms with E-state index >= 15 is 0 Å². The van der Waals surface area contributed by atoms with Gasteiger partial charge in [0.1, 0.15) is 0 Å². The molecule has 0 saturated carbocycles. The third-order valence-electron chi connectivity index (χ3n) is 4.37. The summed E-state index contributed by atoms with van der Waals surface area (Å²) < 4.78 is 0. The molecule has 2 heterocycles. The number of hydrogen-bond acceptors (Lipinski definition) is 6. The number of carbonyl (C=O) groups is 1. The molecule has 1 saturated heterocycles. The number of nitrogens with zero attached hydrogens (tertiary/aromatic N) is 4. The summed E-state index contributed by atoms with van der Waals surface area (Å²) in [5.41, 5.74) is 1.57. The maximum Gasteiger partial charge on any atom is 0.270 e. The van der Waals surface area contributed by atoms with Gasteiger partial charge in [-0.3, -0.25) is 14.9 Å². The third kappa shape index (κ3) is 4.71. The van der Waals surface area contributed by atoms with Crippen LogP contribution in [-0.4, -0.2) is 33.9 Å². The van der Waals surface area contributed by atoms with Crippen LogP contribution in [-0.2, 0) is 6.54 Å². The van der Waals surface area contributed by atoms with Crippen molar-refractivity contribution in [1.29, 1.82) is 0 Å². The van der Waals surface area contributed by atoms with Gasteiger partial charge in [-0.1, -0.05) is 11.6 Å². The number of piperidine rings is 1. The van der Waals surface area contributed by atoms with Crippen LogP contribution in [0.15, 0.2) is 24.3 Å². The monoisotopic (exact) mass is 389 g/mol. The van der Waals surface area contributed by atoms with E-state index in [0.717, 1.165) is 31.6 Å². The number of anilines is 1. The largest absolute Gasteiger partial charge is 0.346 e. The minimum atomic E-state index is -0.556. The van der Waals surface area contributed by atoms with E-state index in [1.54, 1.807) is 0 Å². The second-order valence-electron chi connectivity index (χ2n) is 6.45. The van der Waals surface area contributed by atoms with E-state index in [2.05, 4.69) is 20.2 Å². The number of nitro benzene ring substituents is 1. The summed E-state index contributed by atoms with van der Waals surface area (Å²) in [6.07, 6.45) is 3.48.